The van der Waals surface area contributed by atoms with Gasteiger partial charge in [-0.05, 0) is 13.3 Å². The summed E-state index contributed by atoms with van der Waals surface area (Å²) in [7, 11) is 0. The third-order valence-corrected chi connectivity index (χ3v) is 1.54. The molecule has 0 aliphatic rings. The second kappa shape index (κ2) is 4.61. The highest BCUT2D eigenvalue weighted by atomic mass is 32.1. The summed E-state index contributed by atoms with van der Waals surface area (Å²) in [6.07, 6.45) is 0.881. The molecule has 0 bridgehead atoms. The Morgan fingerprint density at radius 1 is 1.60 bits per heavy atom. The van der Waals surface area contributed by atoms with Crippen LogP contribution < -0.4 is 5.32 Å². The average Bonchev–Trinajstić information content (AvgIpc) is 1.85. The van der Waals surface area contributed by atoms with E-state index in [0.717, 1.165) is 6.42 Å². The van der Waals surface area contributed by atoms with Crippen molar-refractivity contribution in [2.75, 3.05) is 0 Å². The van der Waals surface area contributed by atoms with Gasteiger partial charge in [0.1, 0.15) is 0 Å². The predicted molar refractivity (Wildman–Crippen MR) is 46.0 cm³/mol. The van der Waals surface area contributed by atoms with Crippen molar-refractivity contribution in [2.45, 2.75) is 32.6 Å². The molecular weight excluding hydrogens is 146 g/mol. The molecule has 0 fully saturated rings. The molecule has 0 aliphatic carbocycles. The predicted octanol–water partition coefficient (Wildman–Crippen LogP) is 1.42. The van der Waals surface area contributed by atoms with Crippen molar-refractivity contribution in [3.8, 4) is 0 Å². The quantitative estimate of drug-likeness (QED) is 0.476. The lowest BCUT2D eigenvalue weighted by molar-refractivity contribution is -0.124. The molecule has 2 atom stereocenters. The second-order valence-corrected chi connectivity index (χ2v) is 3.27. The molecule has 0 spiro atoms. The molecule has 0 aliphatic heterocycles. The fourth-order valence-electron chi connectivity index (χ4n) is 0.534. The molecule has 2 nitrogen and oxygen atoms in total. The van der Waals surface area contributed by atoms with Crippen LogP contribution in [0.5, 0.6) is 0 Å². The van der Waals surface area contributed by atoms with E-state index in [0.29, 0.717) is 0 Å². The Kier molecular flexibility index (Phi) is 4.52. The van der Waals surface area contributed by atoms with Crippen LogP contribution in [0.25, 0.3) is 0 Å². The van der Waals surface area contributed by atoms with Crippen molar-refractivity contribution in [2.24, 2.45) is 5.92 Å². The zero-order chi connectivity index (χ0) is 8.15. The summed E-state index contributed by atoms with van der Waals surface area (Å²) < 4.78 is 0. The van der Waals surface area contributed by atoms with Crippen LogP contribution in [0, 0.1) is 5.92 Å². The molecule has 0 heterocycles. The van der Waals surface area contributed by atoms with Crippen molar-refractivity contribution in [1.29, 1.82) is 0 Å². The van der Waals surface area contributed by atoms with Crippen LogP contribution in [0.4, 0.5) is 0 Å². The fraction of sp³-hybridized carbons (Fsp3) is 0.857. The molecule has 10 heavy (non-hydrogen) atoms. The van der Waals surface area contributed by atoms with Gasteiger partial charge in [0.2, 0.25) is 5.91 Å². The summed E-state index contributed by atoms with van der Waals surface area (Å²) in [5.74, 6) is 0.194. The molecule has 3 heteroatoms. The van der Waals surface area contributed by atoms with E-state index in [2.05, 4.69) is 17.9 Å². The maximum atomic E-state index is 11.0. The molecule has 0 saturated heterocycles. The van der Waals surface area contributed by atoms with E-state index in [9.17, 15) is 4.79 Å². The summed E-state index contributed by atoms with van der Waals surface area (Å²) in [5, 5.41) is 2.68. The first-order valence-electron chi connectivity index (χ1n) is 3.56. The average molecular weight is 161 g/mol. The van der Waals surface area contributed by atoms with E-state index in [1.54, 1.807) is 0 Å². The highest BCUT2D eigenvalue weighted by molar-refractivity contribution is 7.80. The minimum Gasteiger partial charge on any atom is -0.345 e. The zero-order valence-electron chi connectivity index (χ0n) is 6.72. The summed E-state index contributed by atoms with van der Waals surface area (Å²) in [5.41, 5.74) is 0. The van der Waals surface area contributed by atoms with Crippen LogP contribution in [0.3, 0.4) is 0 Å². The van der Waals surface area contributed by atoms with Gasteiger partial charge >= 0.3 is 0 Å². The molecule has 60 valence electrons. The maximum Gasteiger partial charge on any atom is 0.223 e. The Bertz CT molecular complexity index is 114. The standard InChI is InChI=1S/C7H15NOS/c1-4-5(2)7(9)8-6(3)10/h5-6,10H,4H2,1-3H3,(H,8,9). The minimum atomic E-state index is -0.0403. The van der Waals surface area contributed by atoms with Gasteiger partial charge in [0.05, 0.1) is 5.37 Å². The third-order valence-electron chi connectivity index (χ3n) is 1.41. The number of rotatable bonds is 3. The largest absolute Gasteiger partial charge is 0.345 e. The van der Waals surface area contributed by atoms with E-state index in [4.69, 9.17) is 0 Å². The van der Waals surface area contributed by atoms with E-state index < -0.39 is 0 Å². The van der Waals surface area contributed by atoms with Gasteiger partial charge in [-0.2, -0.15) is 12.6 Å². The molecule has 0 saturated carbocycles. The van der Waals surface area contributed by atoms with E-state index >= 15 is 0 Å². The highest BCUT2D eigenvalue weighted by Crippen LogP contribution is 2.00. The van der Waals surface area contributed by atoms with Gasteiger partial charge in [0.15, 0.2) is 0 Å². The van der Waals surface area contributed by atoms with Gasteiger partial charge < -0.3 is 5.32 Å². The lowest BCUT2D eigenvalue weighted by Gasteiger charge is -2.11. The zero-order valence-corrected chi connectivity index (χ0v) is 7.61. The van der Waals surface area contributed by atoms with Crippen LogP contribution in [-0.2, 0) is 4.79 Å². The SMILES string of the molecule is CCC(C)C(=O)NC(C)S. The summed E-state index contributed by atoms with van der Waals surface area (Å²) in [6, 6.07) is 0. The van der Waals surface area contributed by atoms with Crippen LogP contribution in [0.1, 0.15) is 27.2 Å². The second-order valence-electron chi connectivity index (χ2n) is 2.49. The Balaban J connectivity index is 3.62. The molecule has 0 aromatic heterocycles. The summed E-state index contributed by atoms with van der Waals surface area (Å²) >= 11 is 4.04. The van der Waals surface area contributed by atoms with Gasteiger partial charge in [-0.3, -0.25) is 4.79 Å². The Morgan fingerprint density at radius 3 is 2.40 bits per heavy atom. The van der Waals surface area contributed by atoms with Crippen molar-refractivity contribution in [3.63, 3.8) is 0 Å². The number of carbonyl (C=O) groups excluding carboxylic acids is 1. The molecule has 0 aromatic carbocycles. The van der Waals surface area contributed by atoms with Crippen LogP contribution in [0.15, 0.2) is 0 Å². The normalized spacial score (nSPS) is 16.0. The van der Waals surface area contributed by atoms with Crippen LogP contribution >= 0.6 is 12.6 Å². The lowest BCUT2D eigenvalue weighted by atomic mass is 10.1. The van der Waals surface area contributed by atoms with Gasteiger partial charge in [0.25, 0.3) is 0 Å². The summed E-state index contributed by atoms with van der Waals surface area (Å²) in [6.45, 7) is 5.74. The monoisotopic (exact) mass is 161 g/mol. The number of thiol groups is 1. The number of carbonyl (C=O) groups is 1. The van der Waals surface area contributed by atoms with Crippen molar-refractivity contribution < 1.29 is 4.79 Å². The number of hydrogen-bond acceptors (Lipinski definition) is 2. The van der Waals surface area contributed by atoms with Gasteiger partial charge in [-0.15, -0.1) is 0 Å². The first-order chi connectivity index (χ1) is 4.57. The minimum absolute atomic E-state index is 0.0403. The van der Waals surface area contributed by atoms with Crippen molar-refractivity contribution in [1.82, 2.24) is 5.32 Å². The molecule has 2 unspecified atom stereocenters. The van der Waals surface area contributed by atoms with Gasteiger partial charge in [-0.1, -0.05) is 13.8 Å². The van der Waals surface area contributed by atoms with E-state index in [1.165, 1.54) is 0 Å². The van der Waals surface area contributed by atoms with Crippen molar-refractivity contribution in [3.05, 3.63) is 0 Å². The lowest BCUT2D eigenvalue weighted by Crippen LogP contribution is -2.32. The molecule has 0 aromatic rings. The Morgan fingerprint density at radius 2 is 2.10 bits per heavy atom. The fourth-order valence-corrected chi connectivity index (χ4v) is 0.661. The smallest absolute Gasteiger partial charge is 0.223 e. The number of nitrogens with one attached hydrogen (secondary N) is 1. The van der Waals surface area contributed by atoms with Crippen LogP contribution in [0.2, 0.25) is 0 Å². The first kappa shape index (κ1) is 9.82. The molecular formula is C7H15NOS. The Hall–Kier alpha value is -0.180. The highest BCUT2D eigenvalue weighted by Gasteiger charge is 2.10. The summed E-state index contributed by atoms with van der Waals surface area (Å²) in [4.78, 5) is 11.0. The molecule has 0 radical (unpaired) electrons. The van der Waals surface area contributed by atoms with Crippen molar-refractivity contribution >= 4 is 18.5 Å². The van der Waals surface area contributed by atoms with E-state index in [-0.39, 0.29) is 17.2 Å². The maximum absolute atomic E-state index is 11.0. The van der Waals surface area contributed by atoms with Gasteiger partial charge in [-0.25, -0.2) is 0 Å². The van der Waals surface area contributed by atoms with Crippen LogP contribution in [-0.4, -0.2) is 11.3 Å². The topological polar surface area (TPSA) is 29.1 Å². The first-order valence-corrected chi connectivity index (χ1v) is 4.08. The number of amides is 1. The van der Waals surface area contributed by atoms with E-state index in [1.807, 2.05) is 20.8 Å². The molecule has 1 N–H and O–H groups in total. The van der Waals surface area contributed by atoms with Gasteiger partial charge in [0, 0.05) is 5.92 Å². The molecule has 1 amide bonds. The molecule has 0 rings (SSSR count). The number of hydrogen-bond donors (Lipinski definition) is 2. The Labute approximate surface area is 67.8 Å². The third kappa shape index (κ3) is 3.77.